The molecular weight excluding hydrogens is 380 g/mol. The molecule has 0 unspecified atom stereocenters. The number of para-hydroxylation sites is 1. The molecule has 152 valence electrons. The number of carbonyl (C=O) groups excluding carboxylic acids is 1. The Labute approximate surface area is 174 Å². The van der Waals surface area contributed by atoms with Gasteiger partial charge in [-0.25, -0.2) is 0 Å². The minimum atomic E-state index is -0.367. The van der Waals surface area contributed by atoms with E-state index in [1.54, 1.807) is 24.0 Å². The SMILES string of the molecule is Cc1ccc(Cn2cc(NC(=O)c3noc(C)c3COc3ccccc3)cn2)cc1. The first-order chi connectivity index (χ1) is 14.6. The van der Waals surface area contributed by atoms with Crippen LogP contribution in [0.3, 0.4) is 0 Å². The second-order valence-electron chi connectivity index (χ2n) is 7.03. The number of hydrogen-bond acceptors (Lipinski definition) is 5. The van der Waals surface area contributed by atoms with Gasteiger partial charge in [0.25, 0.3) is 5.91 Å². The smallest absolute Gasteiger partial charge is 0.278 e. The molecule has 0 atom stereocenters. The van der Waals surface area contributed by atoms with Gasteiger partial charge in [0.05, 0.1) is 24.0 Å². The molecule has 4 aromatic rings. The summed E-state index contributed by atoms with van der Waals surface area (Å²) in [6, 6.07) is 17.6. The molecule has 2 aromatic heterocycles. The number of benzene rings is 2. The van der Waals surface area contributed by atoms with Gasteiger partial charge in [-0.05, 0) is 31.5 Å². The topological polar surface area (TPSA) is 82.2 Å². The van der Waals surface area contributed by atoms with Gasteiger partial charge >= 0.3 is 0 Å². The summed E-state index contributed by atoms with van der Waals surface area (Å²) in [6.45, 7) is 4.62. The van der Waals surface area contributed by atoms with Crippen molar-refractivity contribution in [1.82, 2.24) is 14.9 Å². The van der Waals surface area contributed by atoms with Crippen LogP contribution in [0.4, 0.5) is 5.69 Å². The molecule has 1 N–H and O–H groups in total. The van der Waals surface area contributed by atoms with E-state index in [9.17, 15) is 4.79 Å². The highest BCUT2D eigenvalue weighted by molar-refractivity contribution is 6.03. The summed E-state index contributed by atoms with van der Waals surface area (Å²) in [6.07, 6.45) is 3.39. The molecule has 1 amide bonds. The molecule has 0 spiro atoms. The number of rotatable bonds is 7. The summed E-state index contributed by atoms with van der Waals surface area (Å²) in [5.41, 5.74) is 3.75. The number of ether oxygens (including phenoxy) is 1. The molecule has 2 heterocycles. The monoisotopic (exact) mass is 402 g/mol. The standard InChI is InChI=1S/C23H22N4O3/c1-16-8-10-18(11-9-16)13-27-14-19(12-24-27)25-23(28)22-21(17(2)30-26-22)15-29-20-6-4-3-5-7-20/h3-12,14H,13,15H2,1-2H3,(H,25,28). The molecule has 7 nitrogen and oxygen atoms in total. The third-order valence-electron chi connectivity index (χ3n) is 4.68. The second-order valence-corrected chi connectivity index (χ2v) is 7.03. The maximum absolute atomic E-state index is 12.7. The average molecular weight is 402 g/mol. The van der Waals surface area contributed by atoms with Gasteiger partial charge in [-0.3, -0.25) is 9.48 Å². The van der Waals surface area contributed by atoms with Crippen LogP contribution in [0.1, 0.15) is 32.9 Å². The van der Waals surface area contributed by atoms with Crippen molar-refractivity contribution in [2.75, 3.05) is 5.32 Å². The predicted molar refractivity (Wildman–Crippen MR) is 112 cm³/mol. The lowest BCUT2D eigenvalue weighted by Gasteiger charge is -2.06. The van der Waals surface area contributed by atoms with Gasteiger partial charge in [-0.1, -0.05) is 53.2 Å². The van der Waals surface area contributed by atoms with E-state index in [4.69, 9.17) is 9.26 Å². The van der Waals surface area contributed by atoms with E-state index >= 15 is 0 Å². The van der Waals surface area contributed by atoms with E-state index in [0.717, 1.165) is 5.56 Å². The number of aryl methyl sites for hydroxylation is 2. The zero-order chi connectivity index (χ0) is 20.9. The Hall–Kier alpha value is -3.87. The number of nitrogens with zero attached hydrogens (tertiary/aromatic N) is 3. The highest BCUT2D eigenvalue weighted by atomic mass is 16.5. The first kappa shape index (κ1) is 19.4. The third-order valence-corrected chi connectivity index (χ3v) is 4.68. The van der Waals surface area contributed by atoms with Gasteiger partial charge in [0.1, 0.15) is 18.1 Å². The minimum Gasteiger partial charge on any atom is -0.489 e. The first-order valence-electron chi connectivity index (χ1n) is 9.61. The highest BCUT2D eigenvalue weighted by Gasteiger charge is 2.21. The molecule has 0 bridgehead atoms. The van der Waals surface area contributed by atoms with E-state index < -0.39 is 0 Å². The van der Waals surface area contributed by atoms with Crippen molar-refractivity contribution in [3.8, 4) is 5.75 Å². The fourth-order valence-corrected chi connectivity index (χ4v) is 3.00. The van der Waals surface area contributed by atoms with Crippen LogP contribution in [0, 0.1) is 13.8 Å². The summed E-state index contributed by atoms with van der Waals surface area (Å²) in [5, 5.41) is 11.1. The van der Waals surface area contributed by atoms with E-state index in [1.807, 2.05) is 30.3 Å². The molecule has 0 saturated heterocycles. The maximum Gasteiger partial charge on any atom is 0.278 e. The van der Waals surface area contributed by atoms with Crippen molar-refractivity contribution in [3.05, 3.63) is 95.1 Å². The Bertz CT molecular complexity index is 1130. The van der Waals surface area contributed by atoms with Gasteiger partial charge in [0.15, 0.2) is 5.69 Å². The van der Waals surface area contributed by atoms with Crippen LogP contribution in [0.5, 0.6) is 5.75 Å². The normalized spacial score (nSPS) is 10.7. The van der Waals surface area contributed by atoms with Crippen molar-refractivity contribution in [2.45, 2.75) is 27.0 Å². The third kappa shape index (κ3) is 4.57. The van der Waals surface area contributed by atoms with Crippen LogP contribution in [0.15, 0.2) is 71.5 Å². The molecule has 2 aromatic carbocycles. The maximum atomic E-state index is 12.7. The summed E-state index contributed by atoms with van der Waals surface area (Å²) in [7, 11) is 0. The number of amides is 1. The van der Waals surface area contributed by atoms with Crippen LogP contribution in [-0.2, 0) is 13.2 Å². The predicted octanol–water partition coefficient (Wildman–Crippen LogP) is 4.37. The number of nitrogens with one attached hydrogen (secondary N) is 1. The number of hydrogen-bond donors (Lipinski definition) is 1. The number of carbonyl (C=O) groups is 1. The van der Waals surface area contributed by atoms with Crippen LogP contribution >= 0.6 is 0 Å². The summed E-state index contributed by atoms with van der Waals surface area (Å²) < 4.78 is 12.8. The second kappa shape index (κ2) is 8.65. The molecule has 4 rings (SSSR count). The number of anilines is 1. The van der Waals surface area contributed by atoms with Gasteiger partial charge in [0.2, 0.25) is 0 Å². The molecule has 0 aliphatic rings. The Balaban J connectivity index is 1.42. The van der Waals surface area contributed by atoms with Crippen molar-refractivity contribution >= 4 is 11.6 Å². The molecule has 0 fully saturated rings. The fourth-order valence-electron chi connectivity index (χ4n) is 3.00. The quantitative estimate of drug-likeness (QED) is 0.496. The average Bonchev–Trinajstić information content (AvgIpc) is 3.35. The van der Waals surface area contributed by atoms with E-state index in [-0.39, 0.29) is 18.2 Å². The van der Waals surface area contributed by atoms with Gasteiger partial charge in [0, 0.05) is 6.20 Å². The van der Waals surface area contributed by atoms with E-state index in [1.165, 1.54) is 5.56 Å². The summed E-state index contributed by atoms with van der Waals surface area (Å²) in [4.78, 5) is 12.7. The molecule has 0 aliphatic heterocycles. The van der Waals surface area contributed by atoms with E-state index in [0.29, 0.717) is 29.3 Å². The molecular formula is C23H22N4O3. The lowest BCUT2D eigenvalue weighted by Crippen LogP contribution is -2.15. The molecule has 0 aliphatic carbocycles. The number of aromatic nitrogens is 3. The largest absolute Gasteiger partial charge is 0.489 e. The van der Waals surface area contributed by atoms with Crippen molar-refractivity contribution < 1.29 is 14.1 Å². The van der Waals surface area contributed by atoms with Crippen LogP contribution in [-0.4, -0.2) is 20.8 Å². The van der Waals surface area contributed by atoms with Gasteiger partial charge in [-0.15, -0.1) is 0 Å². The van der Waals surface area contributed by atoms with Crippen molar-refractivity contribution in [3.63, 3.8) is 0 Å². The van der Waals surface area contributed by atoms with Crippen LogP contribution < -0.4 is 10.1 Å². The van der Waals surface area contributed by atoms with Crippen LogP contribution in [0.2, 0.25) is 0 Å². The Morgan fingerprint density at radius 1 is 1.10 bits per heavy atom. The Morgan fingerprint density at radius 3 is 2.63 bits per heavy atom. The molecule has 30 heavy (non-hydrogen) atoms. The highest BCUT2D eigenvalue weighted by Crippen LogP contribution is 2.19. The van der Waals surface area contributed by atoms with Crippen LogP contribution in [0.25, 0.3) is 0 Å². The minimum absolute atomic E-state index is 0.189. The zero-order valence-electron chi connectivity index (χ0n) is 16.8. The summed E-state index contributed by atoms with van der Waals surface area (Å²) in [5.74, 6) is 0.890. The Kier molecular flexibility index (Phi) is 5.61. The first-order valence-corrected chi connectivity index (χ1v) is 9.61. The molecule has 0 saturated carbocycles. The van der Waals surface area contributed by atoms with Gasteiger partial charge < -0.3 is 14.6 Å². The van der Waals surface area contributed by atoms with Gasteiger partial charge in [-0.2, -0.15) is 5.10 Å². The molecule has 7 heteroatoms. The Morgan fingerprint density at radius 2 is 1.87 bits per heavy atom. The lowest BCUT2D eigenvalue weighted by molar-refractivity contribution is 0.101. The fraction of sp³-hybridized carbons (Fsp3) is 0.174. The summed E-state index contributed by atoms with van der Waals surface area (Å²) >= 11 is 0. The zero-order valence-corrected chi connectivity index (χ0v) is 16.8. The lowest BCUT2D eigenvalue weighted by atomic mass is 10.1. The molecule has 0 radical (unpaired) electrons. The van der Waals surface area contributed by atoms with E-state index in [2.05, 4.69) is 46.8 Å². The van der Waals surface area contributed by atoms with Crippen molar-refractivity contribution in [2.24, 2.45) is 0 Å². The van der Waals surface area contributed by atoms with Crippen molar-refractivity contribution in [1.29, 1.82) is 0 Å².